The van der Waals surface area contributed by atoms with Crippen LogP contribution in [0.2, 0.25) is 0 Å². The van der Waals surface area contributed by atoms with Crippen molar-refractivity contribution < 1.29 is 39.6 Å². The van der Waals surface area contributed by atoms with Crippen LogP contribution in [-0.4, -0.2) is 44.3 Å². The van der Waals surface area contributed by atoms with Crippen molar-refractivity contribution in [1.29, 1.82) is 0 Å². The van der Waals surface area contributed by atoms with Gasteiger partial charge in [-0.25, -0.2) is 19.2 Å². The number of carboxylic acids is 4. The predicted molar refractivity (Wildman–Crippen MR) is 131 cm³/mol. The summed E-state index contributed by atoms with van der Waals surface area (Å²) in [5.74, 6) is -5.27. The Bertz CT molecular complexity index is 1270. The summed E-state index contributed by atoms with van der Waals surface area (Å²) in [4.78, 5) is 46.0. The third-order valence-electron chi connectivity index (χ3n) is 6.73. The highest BCUT2D eigenvalue weighted by molar-refractivity contribution is 6.02. The zero-order valence-electron chi connectivity index (χ0n) is 20.2. The van der Waals surface area contributed by atoms with E-state index >= 15 is 0 Å². The Balaban J connectivity index is 2.01. The van der Waals surface area contributed by atoms with Crippen molar-refractivity contribution in [2.24, 2.45) is 0 Å². The lowest BCUT2D eigenvalue weighted by Gasteiger charge is -2.30. The van der Waals surface area contributed by atoms with Crippen molar-refractivity contribution in [3.05, 3.63) is 105 Å². The van der Waals surface area contributed by atoms with Gasteiger partial charge in [-0.2, -0.15) is 0 Å². The molecular weight excluding hydrogens is 464 g/mol. The van der Waals surface area contributed by atoms with Crippen LogP contribution in [-0.2, 0) is 10.8 Å². The second-order valence-electron chi connectivity index (χ2n) is 9.57. The Morgan fingerprint density at radius 3 is 0.944 bits per heavy atom. The average Bonchev–Trinajstić information content (AvgIpc) is 2.83. The van der Waals surface area contributed by atoms with Gasteiger partial charge in [-0.05, 0) is 46.5 Å². The second-order valence-corrected chi connectivity index (χ2v) is 9.57. The summed E-state index contributed by atoms with van der Waals surface area (Å²) in [6.45, 7) is 7.60. The molecule has 3 aromatic rings. The minimum absolute atomic E-state index is 0.284. The highest BCUT2D eigenvalue weighted by Crippen LogP contribution is 2.37. The fraction of sp³-hybridized carbons (Fsp3) is 0.214. The van der Waals surface area contributed by atoms with Gasteiger partial charge >= 0.3 is 23.9 Å². The predicted octanol–water partition coefficient (Wildman–Crippen LogP) is 5.13. The molecule has 186 valence electrons. The molecule has 0 bridgehead atoms. The lowest BCUT2D eigenvalue weighted by atomic mass is 9.74. The van der Waals surface area contributed by atoms with Gasteiger partial charge in [-0.15, -0.1) is 0 Å². The summed E-state index contributed by atoms with van der Waals surface area (Å²) in [6.07, 6.45) is 0. The first kappa shape index (κ1) is 26.2. The van der Waals surface area contributed by atoms with Gasteiger partial charge in [0, 0.05) is 10.8 Å². The molecule has 0 atom stereocenters. The van der Waals surface area contributed by atoms with Crippen molar-refractivity contribution in [2.75, 3.05) is 0 Å². The molecule has 0 heterocycles. The van der Waals surface area contributed by atoms with Crippen molar-refractivity contribution in [1.82, 2.24) is 0 Å². The molecule has 3 rings (SSSR count). The zero-order chi connectivity index (χ0) is 27.0. The van der Waals surface area contributed by atoms with Crippen molar-refractivity contribution in [2.45, 2.75) is 38.5 Å². The van der Waals surface area contributed by atoms with Crippen LogP contribution in [0.3, 0.4) is 0 Å². The first-order chi connectivity index (χ1) is 16.7. The Kier molecular flexibility index (Phi) is 6.75. The summed E-state index contributed by atoms with van der Waals surface area (Å²) < 4.78 is 0. The number of aromatic carboxylic acids is 4. The van der Waals surface area contributed by atoms with Gasteiger partial charge in [0.2, 0.25) is 0 Å². The van der Waals surface area contributed by atoms with Crippen LogP contribution < -0.4 is 0 Å². The molecule has 0 spiro atoms. The molecule has 0 saturated heterocycles. The first-order valence-corrected chi connectivity index (χ1v) is 11.0. The van der Waals surface area contributed by atoms with Gasteiger partial charge < -0.3 is 20.4 Å². The Morgan fingerprint density at radius 2 is 0.694 bits per heavy atom. The fourth-order valence-electron chi connectivity index (χ4n) is 4.23. The van der Waals surface area contributed by atoms with E-state index in [-0.39, 0.29) is 22.3 Å². The zero-order valence-corrected chi connectivity index (χ0v) is 20.2. The topological polar surface area (TPSA) is 149 Å². The molecule has 0 saturated carbocycles. The third kappa shape index (κ3) is 4.70. The van der Waals surface area contributed by atoms with Gasteiger partial charge in [0.25, 0.3) is 0 Å². The first-order valence-electron chi connectivity index (χ1n) is 11.0. The summed E-state index contributed by atoms with van der Waals surface area (Å²) >= 11 is 0. The van der Waals surface area contributed by atoms with E-state index in [1.807, 2.05) is 52.0 Å². The number of hydrogen-bond acceptors (Lipinski definition) is 4. The molecule has 0 amide bonds. The molecule has 3 aromatic carbocycles. The SMILES string of the molecule is CC(C)(c1ccc(C(C)(C)c2ccc(C(=O)O)c(C(=O)O)c2)cc1)c1ccc(C(=O)O)c(C(=O)O)c1. The van der Waals surface area contributed by atoms with Crippen LogP contribution in [0.1, 0.15) is 91.4 Å². The Hall–Kier alpha value is -4.46. The molecule has 0 fully saturated rings. The number of benzene rings is 3. The minimum Gasteiger partial charge on any atom is -0.478 e. The molecule has 0 radical (unpaired) electrons. The van der Waals surface area contributed by atoms with Crippen LogP contribution in [0.5, 0.6) is 0 Å². The van der Waals surface area contributed by atoms with Crippen LogP contribution in [0.15, 0.2) is 60.7 Å². The monoisotopic (exact) mass is 490 g/mol. The van der Waals surface area contributed by atoms with E-state index in [0.29, 0.717) is 11.1 Å². The van der Waals surface area contributed by atoms with Gasteiger partial charge in [-0.3, -0.25) is 0 Å². The lowest BCUT2D eigenvalue weighted by Crippen LogP contribution is -2.23. The van der Waals surface area contributed by atoms with E-state index in [4.69, 9.17) is 0 Å². The quantitative estimate of drug-likeness (QED) is 0.339. The Labute approximate surface area is 207 Å². The van der Waals surface area contributed by atoms with Crippen LogP contribution in [0, 0.1) is 0 Å². The average molecular weight is 491 g/mol. The van der Waals surface area contributed by atoms with Gasteiger partial charge in [-0.1, -0.05) is 64.1 Å². The standard InChI is InChI=1S/C28H26O8/c1-27(2,17-9-11-19(23(29)30)21(13-17)25(33)34)15-5-7-16(8-6-15)28(3,4)18-10-12-20(24(31)32)22(14-18)26(35)36/h5-14H,1-4H3,(H,29,30)(H,31,32)(H,33,34)(H,35,36). The molecule has 0 aromatic heterocycles. The number of carboxylic acid groups (broad SMARTS) is 4. The van der Waals surface area contributed by atoms with Crippen LogP contribution >= 0.6 is 0 Å². The van der Waals surface area contributed by atoms with E-state index in [1.54, 1.807) is 12.1 Å². The van der Waals surface area contributed by atoms with Crippen LogP contribution in [0.4, 0.5) is 0 Å². The maximum absolute atomic E-state index is 11.6. The van der Waals surface area contributed by atoms with E-state index in [0.717, 1.165) is 11.1 Å². The van der Waals surface area contributed by atoms with E-state index in [1.165, 1.54) is 24.3 Å². The van der Waals surface area contributed by atoms with Crippen molar-refractivity contribution in [3.63, 3.8) is 0 Å². The molecule has 0 unspecified atom stereocenters. The maximum Gasteiger partial charge on any atom is 0.336 e. The third-order valence-corrected chi connectivity index (χ3v) is 6.73. The summed E-state index contributed by atoms with van der Waals surface area (Å²) in [6, 6.07) is 16.1. The number of carbonyl (C=O) groups is 4. The van der Waals surface area contributed by atoms with Crippen LogP contribution in [0.25, 0.3) is 0 Å². The Morgan fingerprint density at radius 1 is 0.444 bits per heavy atom. The molecule has 8 heteroatoms. The van der Waals surface area contributed by atoms with E-state index in [2.05, 4.69) is 0 Å². The molecule has 0 aliphatic carbocycles. The summed E-state index contributed by atoms with van der Waals surface area (Å²) in [7, 11) is 0. The van der Waals surface area contributed by atoms with Crippen molar-refractivity contribution in [3.8, 4) is 0 Å². The minimum atomic E-state index is -1.32. The van der Waals surface area contributed by atoms with E-state index in [9.17, 15) is 39.6 Å². The maximum atomic E-state index is 11.6. The second kappa shape index (κ2) is 9.30. The molecule has 4 N–H and O–H groups in total. The molecule has 0 aliphatic heterocycles. The lowest BCUT2D eigenvalue weighted by molar-refractivity contribution is 0.0651. The number of hydrogen-bond donors (Lipinski definition) is 4. The molecule has 36 heavy (non-hydrogen) atoms. The molecule has 8 nitrogen and oxygen atoms in total. The molecule has 0 aliphatic rings. The normalized spacial score (nSPS) is 11.7. The van der Waals surface area contributed by atoms with E-state index < -0.39 is 34.7 Å². The summed E-state index contributed by atoms with van der Waals surface area (Å²) in [5, 5.41) is 37.5. The highest BCUT2D eigenvalue weighted by atomic mass is 16.4. The largest absolute Gasteiger partial charge is 0.478 e. The highest BCUT2D eigenvalue weighted by Gasteiger charge is 2.29. The van der Waals surface area contributed by atoms with Crippen molar-refractivity contribution >= 4 is 23.9 Å². The van der Waals surface area contributed by atoms with Gasteiger partial charge in [0.05, 0.1) is 22.3 Å². The molecular formula is C28H26O8. The fourth-order valence-corrected chi connectivity index (χ4v) is 4.23. The smallest absolute Gasteiger partial charge is 0.336 e. The summed E-state index contributed by atoms with van der Waals surface area (Å²) in [5.41, 5.74) is 0.534. The van der Waals surface area contributed by atoms with Gasteiger partial charge in [0.15, 0.2) is 0 Å². The number of rotatable bonds is 8. The van der Waals surface area contributed by atoms with Gasteiger partial charge in [0.1, 0.15) is 0 Å².